The van der Waals surface area contributed by atoms with E-state index in [0.29, 0.717) is 114 Å². The van der Waals surface area contributed by atoms with E-state index in [1.165, 1.54) is 12.1 Å². The van der Waals surface area contributed by atoms with E-state index in [0.717, 1.165) is 48.4 Å². The van der Waals surface area contributed by atoms with Crippen LogP contribution < -0.4 is 9.47 Å². The third kappa shape index (κ3) is 9.30. The zero-order valence-corrected chi connectivity index (χ0v) is 38.7. The van der Waals surface area contributed by atoms with Crippen molar-refractivity contribution in [3.05, 3.63) is 91.1 Å². The summed E-state index contributed by atoms with van der Waals surface area (Å²) in [5.41, 5.74) is 4.22. The van der Waals surface area contributed by atoms with Crippen molar-refractivity contribution < 1.29 is 45.6 Å². The molecule has 2 aromatic carbocycles. The number of thiophene rings is 2. The molecule has 4 aromatic heterocycles. The molecule has 0 spiro atoms. The molecule has 4 N–H and O–H groups in total. The van der Waals surface area contributed by atoms with E-state index in [2.05, 4.69) is 0 Å². The number of hydrogen-bond acceptors (Lipinski definition) is 12. The minimum absolute atomic E-state index is 0.194. The van der Waals surface area contributed by atoms with Crippen molar-refractivity contribution in [2.45, 2.75) is 84.8 Å². The van der Waals surface area contributed by atoms with Crippen LogP contribution in [0.5, 0.6) is 11.5 Å². The highest BCUT2D eigenvalue weighted by atomic mass is 35.5. The molecule has 0 bridgehead atoms. The summed E-state index contributed by atoms with van der Waals surface area (Å²) in [5, 5.41) is 34.1. The van der Waals surface area contributed by atoms with Gasteiger partial charge >= 0.3 is 20.2 Å². The summed E-state index contributed by atoms with van der Waals surface area (Å²) in [4.78, 5) is 0.864. The number of aliphatic hydroxyl groups is 2. The van der Waals surface area contributed by atoms with E-state index >= 15 is 0 Å². The first kappa shape index (κ1) is 45.3. The van der Waals surface area contributed by atoms with Gasteiger partial charge in [-0.2, -0.15) is 27.0 Å². The highest BCUT2D eigenvalue weighted by Crippen LogP contribution is 2.48. The van der Waals surface area contributed by atoms with Gasteiger partial charge in [-0.15, -0.1) is 22.7 Å². The van der Waals surface area contributed by atoms with Crippen LogP contribution in [0.15, 0.2) is 56.9 Å². The van der Waals surface area contributed by atoms with Crippen molar-refractivity contribution in [3.63, 3.8) is 0 Å². The van der Waals surface area contributed by atoms with Crippen molar-refractivity contribution in [2.24, 2.45) is 0 Å². The largest absolute Gasteiger partial charge is 0.492 e. The fourth-order valence-electron chi connectivity index (χ4n) is 7.77. The van der Waals surface area contributed by atoms with Gasteiger partial charge in [-0.3, -0.25) is 9.11 Å². The molecule has 0 radical (unpaired) electrons. The summed E-state index contributed by atoms with van der Waals surface area (Å²) in [6, 6.07) is 12.4. The maximum absolute atomic E-state index is 12.1. The Morgan fingerprint density at radius 3 is 1.37 bits per heavy atom. The van der Waals surface area contributed by atoms with Crippen LogP contribution in [0.2, 0.25) is 20.1 Å². The fraction of sp³-hybridized carbons (Fsp3) is 0.350. The van der Waals surface area contributed by atoms with Crippen molar-refractivity contribution in [1.82, 2.24) is 19.6 Å². The van der Waals surface area contributed by atoms with Crippen LogP contribution in [0.4, 0.5) is 0 Å². The minimum Gasteiger partial charge on any atom is -0.492 e. The van der Waals surface area contributed by atoms with Gasteiger partial charge < -0.3 is 19.7 Å². The van der Waals surface area contributed by atoms with Crippen LogP contribution in [0, 0.1) is 0 Å². The zero-order valence-electron chi connectivity index (χ0n) is 32.4. The molecule has 6 aromatic rings. The Hall–Kier alpha value is -3.24. The lowest BCUT2D eigenvalue weighted by atomic mass is 9.99. The molecule has 330 valence electrons. The summed E-state index contributed by atoms with van der Waals surface area (Å²) in [7, 11) is -9.03. The number of benzene rings is 2. The summed E-state index contributed by atoms with van der Waals surface area (Å²) >= 11 is 27.3. The molecule has 22 heteroatoms. The highest BCUT2D eigenvalue weighted by molar-refractivity contribution is 7.88. The van der Waals surface area contributed by atoms with Gasteiger partial charge in [-0.25, -0.2) is 9.36 Å². The monoisotopic (exact) mass is 1000 g/mol. The first-order valence-electron chi connectivity index (χ1n) is 19.5. The van der Waals surface area contributed by atoms with E-state index in [9.17, 15) is 36.2 Å². The lowest BCUT2D eigenvalue weighted by Crippen LogP contribution is -2.06. The number of halogens is 4. The third-order valence-electron chi connectivity index (χ3n) is 10.7. The predicted molar refractivity (Wildman–Crippen MR) is 239 cm³/mol. The summed E-state index contributed by atoms with van der Waals surface area (Å²) in [5.74, 6) is 0.550. The Bertz CT molecular complexity index is 2700. The number of aromatic nitrogens is 4. The smallest absolute Gasteiger partial charge is 0.304 e. The topological polar surface area (TPSA) is 203 Å². The lowest BCUT2D eigenvalue weighted by Gasteiger charge is -2.11. The van der Waals surface area contributed by atoms with Crippen LogP contribution in [-0.4, -0.2) is 68.9 Å². The standard InChI is InChI=1S/C40H38Cl4N4O10S4/c41-21-9-11-27(25(43)17-21)47-37-23(13-15-57-31-19-33(59-39(31)37)61(51,52)53)35(45-47)29(49)7-5-3-1-2-4-6-8-30(50)36-24-14-16-58-32-20-34(62(54,55)56)60-40(32)38(24)48(46-36)28-12-10-22(42)18-26(28)44/h9-12,17-20,29-30,49-50H,1-8,13-16H2,(H,51,52,53)(H,54,55,56). The highest BCUT2D eigenvalue weighted by Gasteiger charge is 2.34. The van der Waals surface area contributed by atoms with Gasteiger partial charge in [-0.05, 0) is 49.2 Å². The first-order chi connectivity index (χ1) is 29.5. The predicted octanol–water partition coefficient (Wildman–Crippen LogP) is 10.4. The van der Waals surface area contributed by atoms with Crippen molar-refractivity contribution in [3.8, 4) is 44.0 Å². The van der Waals surface area contributed by atoms with Crippen LogP contribution in [0.25, 0.3) is 32.5 Å². The molecule has 14 nitrogen and oxygen atoms in total. The van der Waals surface area contributed by atoms with Gasteiger partial charge in [-0.1, -0.05) is 84.9 Å². The van der Waals surface area contributed by atoms with Crippen LogP contribution in [0.1, 0.15) is 86.1 Å². The number of fused-ring (bicyclic) bond motifs is 6. The van der Waals surface area contributed by atoms with Crippen molar-refractivity contribution in [1.29, 1.82) is 0 Å². The second kappa shape index (κ2) is 18.3. The molecule has 6 heterocycles. The summed E-state index contributed by atoms with van der Waals surface area (Å²) < 4.78 is 82.3. The van der Waals surface area contributed by atoms with Crippen molar-refractivity contribution >= 4 is 89.3 Å². The molecule has 2 aliphatic heterocycles. The number of hydrogen-bond donors (Lipinski definition) is 4. The minimum atomic E-state index is -4.51. The number of aliphatic hydroxyl groups excluding tert-OH is 2. The van der Waals surface area contributed by atoms with Gasteiger partial charge in [0.15, 0.2) is 8.42 Å². The van der Waals surface area contributed by atoms with Gasteiger partial charge in [0.25, 0.3) is 0 Å². The van der Waals surface area contributed by atoms with E-state index in [1.807, 2.05) is 0 Å². The first-order valence-corrected chi connectivity index (χ1v) is 25.5. The van der Waals surface area contributed by atoms with E-state index in [1.54, 1.807) is 45.8 Å². The molecule has 0 saturated carbocycles. The van der Waals surface area contributed by atoms with E-state index < -0.39 is 32.4 Å². The number of nitrogens with zero attached hydrogens (tertiary/aromatic N) is 4. The van der Waals surface area contributed by atoms with Crippen LogP contribution in [0.3, 0.4) is 0 Å². The van der Waals surface area contributed by atoms with Crippen LogP contribution >= 0.6 is 69.1 Å². The molecule has 2 aliphatic rings. The third-order valence-corrected chi connectivity index (χ3v) is 16.6. The number of unbranched alkanes of at least 4 members (excludes halogenated alkanes) is 5. The average molecular weight is 1000 g/mol. The second-order valence-corrected chi connectivity index (χ2v) is 21.9. The van der Waals surface area contributed by atoms with Gasteiger partial charge in [0.05, 0.1) is 79.4 Å². The average Bonchev–Trinajstić information content (AvgIpc) is 3.95. The van der Waals surface area contributed by atoms with Crippen LogP contribution in [-0.2, 0) is 33.1 Å². The lowest BCUT2D eigenvalue weighted by molar-refractivity contribution is 0.155. The SMILES string of the molecule is O=S(=O)(O)c1cc2c(s1)-c1c(c(C(O)CCCCCCCCC(O)c3nn(-c4ccc(Cl)cc4Cl)c4c3CCOc3cc(S(=O)(=O)O)sc3-4)nn1-c1ccc(Cl)cc1Cl)CCO2. The normalized spacial score (nSPS) is 14.8. The molecule has 62 heavy (non-hydrogen) atoms. The second-order valence-electron chi connectivity index (χ2n) is 14.8. The zero-order chi connectivity index (χ0) is 44.1. The maximum Gasteiger partial charge on any atom is 0.304 e. The van der Waals surface area contributed by atoms with Gasteiger partial charge in [0, 0.05) is 46.1 Å². The number of ether oxygens (including phenoxy) is 2. The Kier molecular flexibility index (Phi) is 13.4. The van der Waals surface area contributed by atoms with Gasteiger partial charge in [0.1, 0.15) is 11.5 Å². The molecular weight excluding hydrogens is 967 g/mol. The Morgan fingerprint density at radius 2 is 1.00 bits per heavy atom. The molecule has 0 saturated heterocycles. The molecule has 2 unspecified atom stereocenters. The Morgan fingerprint density at radius 1 is 0.613 bits per heavy atom. The summed E-state index contributed by atoms with van der Waals surface area (Å²) in [6.45, 7) is 0.387. The Labute approximate surface area is 385 Å². The quantitative estimate of drug-likeness (QED) is 0.0561. The fourth-order valence-corrected chi connectivity index (χ4v) is 12.4. The van der Waals surface area contributed by atoms with E-state index in [-0.39, 0.29) is 33.1 Å². The molecule has 8 rings (SSSR count). The molecule has 0 amide bonds. The molecule has 2 atom stereocenters. The van der Waals surface area contributed by atoms with Gasteiger partial charge in [0.2, 0.25) is 0 Å². The Balaban J connectivity index is 0.919. The number of rotatable bonds is 15. The molecule has 0 aliphatic carbocycles. The maximum atomic E-state index is 12.1. The molecule has 0 fully saturated rings. The summed E-state index contributed by atoms with van der Waals surface area (Å²) in [6.07, 6.45) is 4.54. The van der Waals surface area contributed by atoms with E-state index in [4.69, 9.17) is 66.1 Å². The molecular formula is C40H38Cl4N4O10S4. The van der Waals surface area contributed by atoms with Crippen molar-refractivity contribution in [2.75, 3.05) is 13.2 Å².